The lowest BCUT2D eigenvalue weighted by atomic mass is 9.66. The smallest absolute Gasteiger partial charge is 0.123 e. The van der Waals surface area contributed by atoms with E-state index in [1.807, 2.05) is 12.1 Å². The second-order valence-corrected chi connectivity index (χ2v) is 6.25. The van der Waals surface area contributed by atoms with Crippen LogP contribution >= 0.6 is 0 Å². The fraction of sp³-hybridized carbons (Fsp3) is 0.562. The Morgan fingerprint density at radius 2 is 1.84 bits per heavy atom. The molecule has 1 heterocycles. The van der Waals surface area contributed by atoms with Crippen LogP contribution in [0.2, 0.25) is 0 Å². The highest BCUT2D eigenvalue weighted by molar-refractivity contribution is 5.53. The van der Waals surface area contributed by atoms with Crippen molar-refractivity contribution in [2.45, 2.75) is 32.2 Å². The van der Waals surface area contributed by atoms with E-state index in [4.69, 9.17) is 0 Å². The number of carbonyl (C=O) groups excluding carboxylic acids is 1. The maximum atomic E-state index is 12.8. The van der Waals surface area contributed by atoms with E-state index in [9.17, 15) is 9.18 Å². The van der Waals surface area contributed by atoms with Gasteiger partial charge < -0.3 is 4.79 Å². The van der Waals surface area contributed by atoms with Gasteiger partial charge in [0.05, 0.1) is 0 Å². The number of hydrogen-bond donors (Lipinski definition) is 0. The molecule has 1 aliphatic carbocycles. The molecule has 0 N–H and O–H groups in total. The highest BCUT2D eigenvalue weighted by Crippen LogP contribution is 2.45. The molecule has 1 saturated carbocycles. The lowest BCUT2D eigenvalue weighted by molar-refractivity contribution is -0.114. The Labute approximate surface area is 113 Å². The van der Waals surface area contributed by atoms with Crippen molar-refractivity contribution in [1.29, 1.82) is 0 Å². The molecule has 0 amide bonds. The SMILES string of the molecule is O=CC1CCC2(CC1)CN(Cc1ccc(F)cc1)C2. The first-order chi connectivity index (χ1) is 9.19. The largest absolute Gasteiger partial charge is 0.303 e. The predicted molar refractivity (Wildman–Crippen MR) is 72.1 cm³/mol. The molecular formula is C16H20FNO. The van der Waals surface area contributed by atoms with E-state index < -0.39 is 0 Å². The number of hydrogen-bond acceptors (Lipinski definition) is 2. The molecule has 1 aromatic carbocycles. The molecule has 1 aliphatic heterocycles. The maximum Gasteiger partial charge on any atom is 0.123 e. The van der Waals surface area contributed by atoms with Crippen LogP contribution in [0.15, 0.2) is 24.3 Å². The number of likely N-dealkylation sites (tertiary alicyclic amines) is 1. The van der Waals surface area contributed by atoms with Crippen molar-refractivity contribution in [3.8, 4) is 0 Å². The summed E-state index contributed by atoms with van der Waals surface area (Å²) >= 11 is 0. The van der Waals surface area contributed by atoms with Crippen LogP contribution in [0.3, 0.4) is 0 Å². The molecule has 3 heteroatoms. The van der Waals surface area contributed by atoms with Crippen LogP contribution in [-0.4, -0.2) is 24.3 Å². The first-order valence-corrected chi connectivity index (χ1v) is 7.11. The number of rotatable bonds is 3. The van der Waals surface area contributed by atoms with E-state index in [1.165, 1.54) is 30.5 Å². The number of carbonyl (C=O) groups is 1. The quantitative estimate of drug-likeness (QED) is 0.780. The topological polar surface area (TPSA) is 20.3 Å². The van der Waals surface area contributed by atoms with Crippen molar-refractivity contribution in [3.05, 3.63) is 35.6 Å². The number of aldehydes is 1. The lowest BCUT2D eigenvalue weighted by Crippen LogP contribution is -2.56. The lowest BCUT2D eigenvalue weighted by Gasteiger charge is -2.53. The summed E-state index contributed by atoms with van der Waals surface area (Å²) in [4.78, 5) is 13.2. The van der Waals surface area contributed by atoms with Gasteiger partial charge in [-0.1, -0.05) is 12.1 Å². The highest BCUT2D eigenvalue weighted by atomic mass is 19.1. The van der Waals surface area contributed by atoms with Gasteiger partial charge in [0.25, 0.3) is 0 Å². The Bertz CT molecular complexity index is 440. The minimum Gasteiger partial charge on any atom is -0.303 e. The Kier molecular flexibility index (Phi) is 3.40. The minimum absolute atomic E-state index is 0.170. The van der Waals surface area contributed by atoms with Gasteiger partial charge in [0.1, 0.15) is 12.1 Å². The van der Waals surface area contributed by atoms with E-state index in [0.717, 1.165) is 38.8 Å². The Morgan fingerprint density at radius 1 is 1.21 bits per heavy atom. The second kappa shape index (κ2) is 5.04. The molecule has 0 atom stereocenters. The van der Waals surface area contributed by atoms with Crippen LogP contribution in [0.1, 0.15) is 31.2 Å². The third-order valence-electron chi connectivity index (χ3n) is 4.72. The molecule has 0 aromatic heterocycles. The third kappa shape index (κ3) is 2.71. The molecule has 19 heavy (non-hydrogen) atoms. The maximum absolute atomic E-state index is 12.8. The van der Waals surface area contributed by atoms with Gasteiger partial charge in [0.2, 0.25) is 0 Å². The summed E-state index contributed by atoms with van der Waals surface area (Å²) in [6.07, 6.45) is 5.64. The van der Waals surface area contributed by atoms with Gasteiger partial charge in [-0.2, -0.15) is 0 Å². The molecule has 1 spiro atoms. The first kappa shape index (κ1) is 12.8. The van der Waals surface area contributed by atoms with Crippen LogP contribution in [0, 0.1) is 17.2 Å². The third-order valence-corrected chi connectivity index (χ3v) is 4.72. The molecule has 1 aromatic rings. The standard InChI is InChI=1S/C16H20FNO/c17-15-3-1-13(2-4-15)9-18-11-16(12-18)7-5-14(10-19)6-8-16/h1-4,10,14H,5-9,11-12H2. The van der Waals surface area contributed by atoms with E-state index in [1.54, 1.807) is 0 Å². The Balaban J connectivity index is 1.50. The molecule has 0 radical (unpaired) electrons. The average Bonchev–Trinajstić information content (AvgIpc) is 2.40. The van der Waals surface area contributed by atoms with Crippen LogP contribution < -0.4 is 0 Å². The van der Waals surface area contributed by atoms with Gasteiger partial charge in [0.15, 0.2) is 0 Å². The number of nitrogens with zero attached hydrogens (tertiary/aromatic N) is 1. The molecule has 1 saturated heterocycles. The summed E-state index contributed by atoms with van der Waals surface area (Å²) in [5.74, 6) is 0.132. The summed E-state index contributed by atoms with van der Waals surface area (Å²) in [7, 11) is 0. The van der Waals surface area contributed by atoms with E-state index in [0.29, 0.717) is 11.3 Å². The summed E-state index contributed by atoms with van der Waals surface area (Å²) in [5.41, 5.74) is 1.65. The Hall–Kier alpha value is -1.22. The predicted octanol–water partition coefficient (Wildman–Crippen LogP) is 3.02. The zero-order chi connectivity index (χ0) is 13.3. The molecule has 2 aliphatic rings. The molecular weight excluding hydrogens is 241 g/mol. The Morgan fingerprint density at radius 3 is 2.42 bits per heavy atom. The van der Waals surface area contributed by atoms with Crippen molar-refractivity contribution < 1.29 is 9.18 Å². The normalized spacial score (nSPS) is 23.2. The number of benzene rings is 1. The summed E-state index contributed by atoms with van der Waals surface area (Å²) in [6, 6.07) is 6.79. The van der Waals surface area contributed by atoms with Gasteiger partial charge in [-0.25, -0.2) is 4.39 Å². The molecule has 0 unspecified atom stereocenters. The van der Waals surface area contributed by atoms with Gasteiger partial charge >= 0.3 is 0 Å². The minimum atomic E-state index is -0.170. The van der Waals surface area contributed by atoms with Crippen LogP contribution in [0.25, 0.3) is 0 Å². The zero-order valence-corrected chi connectivity index (χ0v) is 11.1. The van der Waals surface area contributed by atoms with Gasteiger partial charge in [-0.15, -0.1) is 0 Å². The highest BCUT2D eigenvalue weighted by Gasteiger charge is 2.44. The van der Waals surface area contributed by atoms with E-state index >= 15 is 0 Å². The van der Waals surface area contributed by atoms with Crippen LogP contribution in [-0.2, 0) is 11.3 Å². The van der Waals surface area contributed by atoms with Crippen LogP contribution in [0.4, 0.5) is 4.39 Å². The zero-order valence-electron chi connectivity index (χ0n) is 11.1. The molecule has 0 bridgehead atoms. The fourth-order valence-corrected chi connectivity index (χ4v) is 3.57. The summed E-state index contributed by atoms with van der Waals surface area (Å²) in [6.45, 7) is 3.19. The van der Waals surface area contributed by atoms with Gasteiger partial charge in [0, 0.05) is 25.6 Å². The number of halogens is 1. The molecule has 2 fully saturated rings. The van der Waals surface area contributed by atoms with E-state index in [2.05, 4.69) is 4.90 Å². The average molecular weight is 261 g/mol. The van der Waals surface area contributed by atoms with Crippen LogP contribution in [0.5, 0.6) is 0 Å². The second-order valence-electron chi connectivity index (χ2n) is 6.25. The summed E-state index contributed by atoms with van der Waals surface area (Å²) < 4.78 is 12.8. The fourth-order valence-electron chi connectivity index (χ4n) is 3.57. The van der Waals surface area contributed by atoms with Crippen molar-refractivity contribution in [2.75, 3.05) is 13.1 Å². The van der Waals surface area contributed by atoms with Crippen molar-refractivity contribution in [2.24, 2.45) is 11.3 Å². The molecule has 3 rings (SSSR count). The van der Waals surface area contributed by atoms with E-state index in [-0.39, 0.29) is 5.82 Å². The first-order valence-electron chi connectivity index (χ1n) is 7.11. The van der Waals surface area contributed by atoms with Crippen molar-refractivity contribution in [1.82, 2.24) is 4.90 Å². The van der Waals surface area contributed by atoms with Gasteiger partial charge in [-0.05, 0) is 48.8 Å². The van der Waals surface area contributed by atoms with Crippen molar-refractivity contribution in [3.63, 3.8) is 0 Å². The van der Waals surface area contributed by atoms with Crippen molar-refractivity contribution >= 4 is 6.29 Å². The molecule has 2 nitrogen and oxygen atoms in total. The monoisotopic (exact) mass is 261 g/mol. The summed E-state index contributed by atoms with van der Waals surface area (Å²) in [5, 5.41) is 0. The molecule has 102 valence electrons. The van der Waals surface area contributed by atoms with Gasteiger partial charge in [-0.3, -0.25) is 4.90 Å².